The van der Waals surface area contributed by atoms with E-state index < -0.39 is 0 Å². The Kier molecular flexibility index (Phi) is 5.66. The largest absolute Gasteiger partial charge is 0.350 e. The van der Waals surface area contributed by atoms with Crippen molar-refractivity contribution in [3.8, 4) is 0 Å². The average Bonchev–Trinajstić information content (AvgIpc) is 2.63. The number of amides is 1. The summed E-state index contributed by atoms with van der Waals surface area (Å²) in [6.07, 6.45) is 0. The number of aryl methyl sites for hydroxylation is 2. The second-order valence-electron chi connectivity index (χ2n) is 6.11. The molecule has 0 unspecified atom stereocenters. The van der Waals surface area contributed by atoms with Crippen molar-refractivity contribution in [2.24, 2.45) is 0 Å². The topological polar surface area (TPSA) is 66.9 Å². The van der Waals surface area contributed by atoms with E-state index in [1.54, 1.807) is 43.3 Å². The summed E-state index contributed by atoms with van der Waals surface area (Å²) in [4.78, 5) is 21.1. The van der Waals surface area contributed by atoms with Gasteiger partial charge in [0.25, 0.3) is 5.91 Å². The Bertz CT molecular complexity index is 976. The SMILES string of the molecule is Cc1cc(C(=O)Nc2ccc(Cl)cc2C)nc(NCc2ccc(F)cc2)n1. The number of hydrogen-bond donors (Lipinski definition) is 2. The Morgan fingerprint density at radius 2 is 1.81 bits per heavy atom. The van der Waals surface area contributed by atoms with Crippen LogP contribution in [-0.2, 0) is 6.54 Å². The normalized spacial score (nSPS) is 10.5. The van der Waals surface area contributed by atoms with Crippen LogP contribution in [0.2, 0.25) is 5.02 Å². The Hall–Kier alpha value is -2.99. The van der Waals surface area contributed by atoms with E-state index in [4.69, 9.17) is 11.6 Å². The van der Waals surface area contributed by atoms with Gasteiger partial charge in [0.1, 0.15) is 11.5 Å². The molecule has 0 saturated heterocycles. The van der Waals surface area contributed by atoms with Crippen molar-refractivity contribution in [3.63, 3.8) is 0 Å². The number of carbonyl (C=O) groups is 1. The molecule has 138 valence electrons. The van der Waals surface area contributed by atoms with Gasteiger partial charge in [-0.05, 0) is 61.4 Å². The highest BCUT2D eigenvalue weighted by Crippen LogP contribution is 2.20. The molecule has 5 nitrogen and oxygen atoms in total. The number of nitrogens with zero attached hydrogens (tertiary/aromatic N) is 2. The summed E-state index contributed by atoms with van der Waals surface area (Å²) in [7, 11) is 0. The summed E-state index contributed by atoms with van der Waals surface area (Å²) in [5.41, 5.74) is 3.31. The zero-order chi connectivity index (χ0) is 19.4. The maximum atomic E-state index is 13.0. The van der Waals surface area contributed by atoms with Crippen LogP contribution in [-0.4, -0.2) is 15.9 Å². The first-order valence-electron chi connectivity index (χ1n) is 8.32. The lowest BCUT2D eigenvalue weighted by Gasteiger charge is -2.10. The van der Waals surface area contributed by atoms with E-state index >= 15 is 0 Å². The van der Waals surface area contributed by atoms with Crippen LogP contribution in [0.25, 0.3) is 0 Å². The minimum absolute atomic E-state index is 0.249. The lowest BCUT2D eigenvalue weighted by atomic mass is 10.2. The maximum Gasteiger partial charge on any atom is 0.274 e. The highest BCUT2D eigenvalue weighted by Gasteiger charge is 2.12. The fourth-order valence-corrected chi connectivity index (χ4v) is 2.73. The molecule has 2 aromatic carbocycles. The third-order valence-electron chi connectivity index (χ3n) is 3.89. The van der Waals surface area contributed by atoms with Crippen molar-refractivity contribution in [1.82, 2.24) is 9.97 Å². The lowest BCUT2D eigenvalue weighted by Crippen LogP contribution is -2.16. The Labute approximate surface area is 161 Å². The molecule has 0 aliphatic heterocycles. The van der Waals surface area contributed by atoms with Gasteiger partial charge in [-0.15, -0.1) is 0 Å². The van der Waals surface area contributed by atoms with Crippen molar-refractivity contribution in [1.29, 1.82) is 0 Å². The van der Waals surface area contributed by atoms with E-state index in [0.29, 0.717) is 28.9 Å². The monoisotopic (exact) mass is 384 g/mol. The number of nitrogens with one attached hydrogen (secondary N) is 2. The highest BCUT2D eigenvalue weighted by atomic mass is 35.5. The number of benzene rings is 2. The predicted octanol–water partition coefficient (Wildman–Crippen LogP) is 4.75. The molecule has 0 aliphatic rings. The van der Waals surface area contributed by atoms with Gasteiger partial charge in [0, 0.05) is 22.9 Å². The van der Waals surface area contributed by atoms with Crippen LogP contribution in [0.15, 0.2) is 48.5 Å². The van der Waals surface area contributed by atoms with Crippen molar-refractivity contribution in [3.05, 3.63) is 81.9 Å². The highest BCUT2D eigenvalue weighted by molar-refractivity contribution is 6.30. The summed E-state index contributed by atoms with van der Waals surface area (Å²) in [6.45, 7) is 4.07. The van der Waals surface area contributed by atoms with E-state index in [-0.39, 0.29) is 17.4 Å². The van der Waals surface area contributed by atoms with E-state index in [1.165, 1.54) is 12.1 Å². The van der Waals surface area contributed by atoms with Gasteiger partial charge in [-0.3, -0.25) is 4.79 Å². The van der Waals surface area contributed by atoms with Gasteiger partial charge in [-0.25, -0.2) is 14.4 Å². The molecule has 0 bridgehead atoms. The van der Waals surface area contributed by atoms with Crippen molar-refractivity contribution >= 4 is 29.1 Å². The van der Waals surface area contributed by atoms with Gasteiger partial charge < -0.3 is 10.6 Å². The molecule has 0 spiro atoms. The summed E-state index contributed by atoms with van der Waals surface area (Å²) in [5.74, 6) is -0.296. The molecule has 0 fully saturated rings. The van der Waals surface area contributed by atoms with Crippen LogP contribution in [0, 0.1) is 19.7 Å². The molecule has 0 atom stereocenters. The molecule has 2 N–H and O–H groups in total. The number of anilines is 2. The van der Waals surface area contributed by atoms with Crippen molar-refractivity contribution in [2.75, 3.05) is 10.6 Å². The quantitative estimate of drug-likeness (QED) is 0.666. The molecule has 0 aliphatic carbocycles. The first-order chi connectivity index (χ1) is 12.9. The minimum atomic E-state index is -0.337. The van der Waals surface area contributed by atoms with Crippen LogP contribution in [0.3, 0.4) is 0 Å². The second-order valence-corrected chi connectivity index (χ2v) is 6.55. The Morgan fingerprint density at radius 3 is 2.52 bits per heavy atom. The van der Waals surface area contributed by atoms with Gasteiger partial charge >= 0.3 is 0 Å². The van der Waals surface area contributed by atoms with Gasteiger partial charge in [-0.1, -0.05) is 23.7 Å². The molecule has 3 rings (SSSR count). The van der Waals surface area contributed by atoms with E-state index in [0.717, 1.165) is 11.1 Å². The molecule has 1 amide bonds. The third-order valence-corrected chi connectivity index (χ3v) is 4.12. The van der Waals surface area contributed by atoms with Gasteiger partial charge in [0.05, 0.1) is 0 Å². The Morgan fingerprint density at radius 1 is 1.07 bits per heavy atom. The zero-order valence-corrected chi connectivity index (χ0v) is 15.6. The van der Waals surface area contributed by atoms with E-state index in [9.17, 15) is 9.18 Å². The Balaban J connectivity index is 1.73. The molecule has 0 saturated carbocycles. The van der Waals surface area contributed by atoms with Crippen LogP contribution >= 0.6 is 11.6 Å². The smallest absolute Gasteiger partial charge is 0.274 e. The minimum Gasteiger partial charge on any atom is -0.350 e. The molecule has 3 aromatic rings. The maximum absolute atomic E-state index is 13.0. The van der Waals surface area contributed by atoms with Crippen LogP contribution in [0.4, 0.5) is 16.0 Å². The summed E-state index contributed by atoms with van der Waals surface area (Å²) < 4.78 is 13.0. The van der Waals surface area contributed by atoms with Crippen LogP contribution in [0.1, 0.15) is 27.3 Å². The first kappa shape index (κ1) is 18.8. The number of carbonyl (C=O) groups excluding carboxylic acids is 1. The fourth-order valence-electron chi connectivity index (χ4n) is 2.50. The third kappa shape index (κ3) is 5.01. The van der Waals surface area contributed by atoms with Crippen molar-refractivity contribution < 1.29 is 9.18 Å². The molecule has 1 heterocycles. The number of halogens is 2. The van der Waals surface area contributed by atoms with Crippen molar-refractivity contribution in [2.45, 2.75) is 20.4 Å². The predicted molar refractivity (Wildman–Crippen MR) is 105 cm³/mol. The fraction of sp³-hybridized carbons (Fsp3) is 0.150. The average molecular weight is 385 g/mol. The zero-order valence-electron chi connectivity index (χ0n) is 14.9. The van der Waals surface area contributed by atoms with E-state index in [2.05, 4.69) is 20.6 Å². The summed E-state index contributed by atoms with van der Waals surface area (Å²) >= 11 is 5.94. The molecule has 7 heteroatoms. The van der Waals surface area contributed by atoms with Gasteiger partial charge in [-0.2, -0.15) is 0 Å². The van der Waals surface area contributed by atoms with Gasteiger partial charge in [0.2, 0.25) is 5.95 Å². The second kappa shape index (κ2) is 8.14. The van der Waals surface area contributed by atoms with Crippen LogP contribution < -0.4 is 10.6 Å². The van der Waals surface area contributed by atoms with E-state index in [1.807, 2.05) is 6.92 Å². The molecular formula is C20H18ClFN4O. The molecule has 0 radical (unpaired) electrons. The summed E-state index contributed by atoms with van der Waals surface area (Å²) in [5, 5.41) is 6.50. The molecular weight excluding hydrogens is 367 g/mol. The molecule has 1 aromatic heterocycles. The first-order valence-corrected chi connectivity index (χ1v) is 8.70. The summed E-state index contributed by atoms with van der Waals surface area (Å²) in [6, 6.07) is 13.0. The molecule has 27 heavy (non-hydrogen) atoms. The number of rotatable bonds is 5. The number of aromatic nitrogens is 2. The van der Waals surface area contributed by atoms with Crippen LogP contribution in [0.5, 0.6) is 0 Å². The lowest BCUT2D eigenvalue weighted by molar-refractivity contribution is 0.102. The number of hydrogen-bond acceptors (Lipinski definition) is 4. The van der Waals surface area contributed by atoms with Gasteiger partial charge in [0.15, 0.2) is 0 Å². The standard InChI is InChI=1S/C20H18ClFN4O/c1-12-9-15(21)5-8-17(12)25-19(27)18-10-13(2)24-20(26-18)23-11-14-3-6-16(22)7-4-14/h3-10H,11H2,1-2H3,(H,25,27)(H,23,24,26).